The van der Waals surface area contributed by atoms with Crippen LogP contribution in [-0.4, -0.2) is 33.7 Å². The van der Waals surface area contributed by atoms with Crippen molar-refractivity contribution in [3.8, 4) is 28.3 Å². The zero-order chi connectivity index (χ0) is 23.2. The summed E-state index contributed by atoms with van der Waals surface area (Å²) in [6.07, 6.45) is 1.41. The standard InChI is InChI=1S/C26H19NO6/c28-22(29)16-32-20-13-7-8-17(14-20)15-21(26(30)31)25-27-23(18-9-3-1-4-10-18)24(33-25)19-11-5-2-6-12-19/h1-15H,16H2,(H,28,29)(H,30,31)/b21-15-. The molecule has 0 spiro atoms. The minimum absolute atomic E-state index is 0.0444. The van der Waals surface area contributed by atoms with Gasteiger partial charge in [0.1, 0.15) is 17.0 Å². The number of carbonyl (C=O) groups is 2. The molecular weight excluding hydrogens is 422 g/mol. The van der Waals surface area contributed by atoms with Crippen molar-refractivity contribution in [1.29, 1.82) is 0 Å². The Labute approximate surface area is 189 Å². The number of aliphatic carboxylic acids is 2. The molecule has 0 atom stereocenters. The number of hydrogen-bond acceptors (Lipinski definition) is 5. The molecule has 0 unspecified atom stereocenters. The van der Waals surface area contributed by atoms with Crippen LogP contribution >= 0.6 is 0 Å². The first-order valence-electron chi connectivity index (χ1n) is 10.0. The molecule has 0 amide bonds. The second-order valence-corrected chi connectivity index (χ2v) is 7.05. The van der Waals surface area contributed by atoms with Crippen molar-refractivity contribution < 1.29 is 29.0 Å². The molecule has 3 aromatic carbocycles. The minimum Gasteiger partial charge on any atom is -0.482 e. The predicted molar refractivity (Wildman–Crippen MR) is 122 cm³/mol. The largest absolute Gasteiger partial charge is 0.482 e. The van der Waals surface area contributed by atoms with Crippen molar-refractivity contribution in [1.82, 2.24) is 4.98 Å². The highest BCUT2D eigenvalue weighted by Crippen LogP contribution is 2.35. The molecule has 4 rings (SSSR count). The lowest BCUT2D eigenvalue weighted by molar-refractivity contribution is -0.139. The number of carboxylic acids is 2. The fraction of sp³-hybridized carbons (Fsp3) is 0.0385. The summed E-state index contributed by atoms with van der Waals surface area (Å²) < 4.78 is 11.2. The van der Waals surface area contributed by atoms with Crippen LogP contribution in [0.1, 0.15) is 11.5 Å². The first-order chi connectivity index (χ1) is 16.0. The van der Waals surface area contributed by atoms with Gasteiger partial charge in [-0.25, -0.2) is 14.6 Å². The first-order valence-corrected chi connectivity index (χ1v) is 10.0. The van der Waals surface area contributed by atoms with E-state index in [1.54, 1.807) is 24.3 Å². The van der Waals surface area contributed by atoms with Crippen LogP contribution in [0.3, 0.4) is 0 Å². The van der Waals surface area contributed by atoms with Crippen LogP contribution in [-0.2, 0) is 9.59 Å². The van der Waals surface area contributed by atoms with Gasteiger partial charge in [0.15, 0.2) is 12.4 Å². The molecule has 0 aliphatic heterocycles. The number of rotatable bonds is 8. The number of carboxylic acid groups (broad SMARTS) is 2. The molecule has 2 N–H and O–H groups in total. The van der Waals surface area contributed by atoms with E-state index in [-0.39, 0.29) is 11.5 Å². The molecule has 0 aliphatic carbocycles. The van der Waals surface area contributed by atoms with Crippen LogP contribution in [0.5, 0.6) is 5.75 Å². The maximum absolute atomic E-state index is 12.1. The summed E-state index contributed by atoms with van der Waals surface area (Å²) in [6.45, 7) is -0.500. The zero-order valence-corrected chi connectivity index (χ0v) is 17.3. The third kappa shape index (κ3) is 5.16. The Kier molecular flexibility index (Phi) is 6.31. The molecule has 0 saturated carbocycles. The molecular formula is C26H19NO6. The third-order valence-corrected chi connectivity index (χ3v) is 4.70. The van der Waals surface area contributed by atoms with Gasteiger partial charge in [-0.15, -0.1) is 0 Å². The van der Waals surface area contributed by atoms with Crippen LogP contribution in [0.4, 0.5) is 0 Å². The fourth-order valence-corrected chi connectivity index (χ4v) is 3.23. The van der Waals surface area contributed by atoms with Crippen molar-refractivity contribution in [3.63, 3.8) is 0 Å². The summed E-state index contributed by atoms with van der Waals surface area (Å²) in [4.78, 5) is 27.4. The average molecular weight is 441 g/mol. The van der Waals surface area contributed by atoms with Crippen LogP contribution < -0.4 is 4.74 Å². The van der Waals surface area contributed by atoms with Crippen molar-refractivity contribution in [2.45, 2.75) is 0 Å². The molecule has 7 heteroatoms. The fourth-order valence-electron chi connectivity index (χ4n) is 3.23. The molecule has 0 bridgehead atoms. The summed E-state index contributed by atoms with van der Waals surface area (Å²) in [6, 6.07) is 25.2. The van der Waals surface area contributed by atoms with Gasteiger partial charge in [-0.1, -0.05) is 72.8 Å². The van der Waals surface area contributed by atoms with Crippen molar-refractivity contribution in [2.75, 3.05) is 6.61 Å². The predicted octanol–water partition coefficient (Wildman–Crippen LogP) is 5.10. The summed E-state index contributed by atoms with van der Waals surface area (Å²) >= 11 is 0. The molecule has 164 valence electrons. The lowest BCUT2D eigenvalue weighted by Crippen LogP contribution is -2.09. The van der Waals surface area contributed by atoms with Gasteiger partial charge in [-0.2, -0.15) is 0 Å². The van der Waals surface area contributed by atoms with Gasteiger partial charge in [0.05, 0.1) is 0 Å². The topological polar surface area (TPSA) is 110 Å². The van der Waals surface area contributed by atoms with Crippen molar-refractivity contribution in [3.05, 3.63) is 96.4 Å². The summed E-state index contributed by atoms with van der Waals surface area (Å²) in [7, 11) is 0. The van der Waals surface area contributed by atoms with Gasteiger partial charge >= 0.3 is 11.9 Å². The number of hydrogen-bond donors (Lipinski definition) is 2. The summed E-state index contributed by atoms with van der Waals surface area (Å²) in [5.41, 5.74) is 2.44. The molecule has 0 saturated heterocycles. The van der Waals surface area contributed by atoms with E-state index in [0.717, 1.165) is 11.1 Å². The van der Waals surface area contributed by atoms with E-state index in [9.17, 15) is 14.7 Å². The maximum Gasteiger partial charge on any atom is 0.341 e. The van der Waals surface area contributed by atoms with Gasteiger partial charge in [-0.05, 0) is 23.8 Å². The lowest BCUT2D eigenvalue weighted by Gasteiger charge is -2.04. The molecule has 33 heavy (non-hydrogen) atoms. The molecule has 4 aromatic rings. The lowest BCUT2D eigenvalue weighted by atomic mass is 10.1. The third-order valence-electron chi connectivity index (χ3n) is 4.70. The average Bonchev–Trinajstić information content (AvgIpc) is 3.27. The Morgan fingerprint density at radius 3 is 2.18 bits per heavy atom. The van der Waals surface area contributed by atoms with Gasteiger partial charge in [0.25, 0.3) is 0 Å². The van der Waals surface area contributed by atoms with E-state index in [4.69, 9.17) is 14.3 Å². The number of aromatic nitrogens is 1. The maximum atomic E-state index is 12.1. The van der Waals surface area contributed by atoms with Crippen LogP contribution in [0.2, 0.25) is 0 Å². The molecule has 1 heterocycles. The highest BCUT2D eigenvalue weighted by atomic mass is 16.5. The monoisotopic (exact) mass is 441 g/mol. The Morgan fingerprint density at radius 1 is 0.879 bits per heavy atom. The van der Waals surface area contributed by atoms with Gasteiger partial charge in [0, 0.05) is 11.1 Å². The smallest absolute Gasteiger partial charge is 0.341 e. The van der Waals surface area contributed by atoms with E-state index in [1.165, 1.54) is 6.08 Å². The van der Waals surface area contributed by atoms with Crippen molar-refractivity contribution >= 4 is 23.6 Å². The Balaban J connectivity index is 1.79. The highest BCUT2D eigenvalue weighted by Gasteiger charge is 2.22. The van der Waals surface area contributed by atoms with E-state index in [1.807, 2.05) is 60.7 Å². The number of nitrogens with zero attached hydrogens (tertiary/aromatic N) is 1. The minimum atomic E-state index is -1.22. The van der Waals surface area contributed by atoms with Gasteiger partial charge in [-0.3, -0.25) is 0 Å². The van der Waals surface area contributed by atoms with Gasteiger partial charge < -0.3 is 19.4 Å². The van der Waals surface area contributed by atoms with Crippen LogP contribution in [0.25, 0.3) is 34.2 Å². The summed E-state index contributed by atoms with van der Waals surface area (Å²) in [5.74, 6) is -1.60. The van der Waals surface area contributed by atoms with Crippen LogP contribution in [0.15, 0.2) is 89.3 Å². The number of ether oxygens (including phenoxy) is 1. The van der Waals surface area contributed by atoms with E-state index in [0.29, 0.717) is 22.8 Å². The first kappa shape index (κ1) is 21.6. The second kappa shape index (κ2) is 9.65. The van der Waals surface area contributed by atoms with E-state index >= 15 is 0 Å². The summed E-state index contributed by atoms with van der Waals surface area (Å²) in [5, 5.41) is 18.7. The molecule has 0 radical (unpaired) electrons. The number of benzene rings is 3. The van der Waals surface area contributed by atoms with Crippen LogP contribution in [0, 0.1) is 0 Å². The molecule has 0 aliphatic rings. The van der Waals surface area contributed by atoms with Gasteiger partial charge in [0.2, 0.25) is 5.89 Å². The molecule has 1 aromatic heterocycles. The Bertz CT molecular complexity index is 1250. The second-order valence-electron chi connectivity index (χ2n) is 7.05. The molecule has 7 nitrogen and oxygen atoms in total. The van der Waals surface area contributed by atoms with E-state index in [2.05, 4.69) is 4.98 Å². The van der Waals surface area contributed by atoms with Crippen molar-refractivity contribution in [2.24, 2.45) is 0 Å². The SMILES string of the molecule is O=C(O)COc1cccc(/C=C(\C(=O)O)c2nc(-c3ccccc3)c(-c3ccccc3)o2)c1. The Hall–Kier alpha value is -4.65. The zero-order valence-electron chi connectivity index (χ0n) is 17.3. The Morgan fingerprint density at radius 2 is 1.55 bits per heavy atom. The normalized spacial score (nSPS) is 11.2. The molecule has 0 fully saturated rings. The number of oxazole rings is 1. The highest BCUT2D eigenvalue weighted by molar-refractivity contribution is 6.19. The van der Waals surface area contributed by atoms with E-state index < -0.39 is 18.5 Å². The quantitative estimate of drug-likeness (QED) is 0.366.